The van der Waals surface area contributed by atoms with Crippen LogP contribution in [0, 0.1) is 5.92 Å². The number of aromatic nitrogens is 2. The van der Waals surface area contributed by atoms with Crippen molar-refractivity contribution < 1.29 is 4.79 Å². The molecule has 1 aliphatic heterocycles. The van der Waals surface area contributed by atoms with Crippen LogP contribution >= 0.6 is 0 Å². The first-order valence-electron chi connectivity index (χ1n) is 10.0. The van der Waals surface area contributed by atoms with Gasteiger partial charge in [-0.1, -0.05) is 56.3 Å². The Bertz CT molecular complexity index is 775. The molecule has 2 amide bonds. The molecule has 1 atom stereocenters. The van der Waals surface area contributed by atoms with Crippen molar-refractivity contribution in [2.45, 2.75) is 19.9 Å². The first kappa shape index (κ1) is 20.1. The van der Waals surface area contributed by atoms with E-state index in [1.807, 2.05) is 40.9 Å². The van der Waals surface area contributed by atoms with E-state index in [0.717, 1.165) is 38.5 Å². The molecule has 1 N–H and O–H groups in total. The second-order valence-electron chi connectivity index (χ2n) is 7.67. The minimum Gasteiger partial charge on any atom is -0.336 e. The van der Waals surface area contributed by atoms with Crippen molar-refractivity contribution in [3.63, 3.8) is 0 Å². The third-order valence-corrected chi connectivity index (χ3v) is 5.22. The lowest BCUT2D eigenvalue weighted by Crippen LogP contribution is -2.52. The van der Waals surface area contributed by atoms with Crippen molar-refractivity contribution in [1.82, 2.24) is 24.7 Å². The Morgan fingerprint density at radius 1 is 1.18 bits per heavy atom. The Kier molecular flexibility index (Phi) is 6.87. The molecule has 2 aromatic rings. The summed E-state index contributed by atoms with van der Waals surface area (Å²) >= 11 is 0. The Balaban J connectivity index is 1.48. The van der Waals surface area contributed by atoms with Crippen molar-refractivity contribution in [3.8, 4) is 0 Å². The quantitative estimate of drug-likeness (QED) is 0.836. The van der Waals surface area contributed by atoms with Crippen molar-refractivity contribution >= 4 is 12.1 Å². The van der Waals surface area contributed by atoms with Gasteiger partial charge < -0.3 is 14.8 Å². The summed E-state index contributed by atoms with van der Waals surface area (Å²) in [5.74, 6) is 1.17. The number of carbonyl (C=O) groups excluding carboxylic acids is 1. The van der Waals surface area contributed by atoms with Gasteiger partial charge in [0.05, 0.1) is 6.04 Å². The zero-order chi connectivity index (χ0) is 19.9. The van der Waals surface area contributed by atoms with Crippen molar-refractivity contribution in [2.24, 2.45) is 13.0 Å². The molecular weight excluding hydrogens is 350 g/mol. The van der Waals surface area contributed by atoms with Gasteiger partial charge >= 0.3 is 6.03 Å². The molecule has 0 saturated carbocycles. The first-order chi connectivity index (χ1) is 13.5. The predicted octanol–water partition coefficient (Wildman–Crippen LogP) is 3.16. The number of rotatable bonds is 6. The molecule has 1 fully saturated rings. The fraction of sp³-hybridized carbons (Fsp3) is 0.455. The average molecular weight is 382 g/mol. The molecule has 2 heterocycles. The number of aryl methyl sites for hydroxylation is 1. The summed E-state index contributed by atoms with van der Waals surface area (Å²) < 4.78 is 1.97. The number of piperazine rings is 1. The number of urea groups is 1. The van der Waals surface area contributed by atoms with Crippen molar-refractivity contribution in [2.75, 3.05) is 32.7 Å². The van der Waals surface area contributed by atoms with Crippen LogP contribution < -0.4 is 5.32 Å². The van der Waals surface area contributed by atoms with Crippen LogP contribution in [0.15, 0.2) is 48.8 Å². The van der Waals surface area contributed by atoms with Crippen LogP contribution in [-0.4, -0.2) is 58.1 Å². The zero-order valence-electron chi connectivity index (χ0n) is 17.1. The van der Waals surface area contributed by atoms with Gasteiger partial charge in [-0.3, -0.25) is 4.90 Å². The molecule has 0 spiro atoms. The van der Waals surface area contributed by atoms with Gasteiger partial charge in [0.2, 0.25) is 0 Å². The topological polar surface area (TPSA) is 53.4 Å². The van der Waals surface area contributed by atoms with E-state index >= 15 is 0 Å². The summed E-state index contributed by atoms with van der Waals surface area (Å²) in [5.41, 5.74) is 1.22. The maximum Gasteiger partial charge on any atom is 0.318 e. The normalized spacial score (nSPS) is 16.6. The Labute approximate surface area is 167 Å². The Morgan fingerprint density at radius 3 is 2.50 bits per heavy atom. The minimum absolute atomic E-state index is 0.00109. The highest BCUT2D eigenvalue weighted by Gasteiger charge is 2.26. The largest absolute Gasteiger partial charge is 0.336 e. The van der Waals surface area contributed by atoms with Crippen LogP contribution in [0.5, 0.6) is 0 Å². The van der Waals surface area contributed by atoms with Crippen LogP contribution in [0.25, 0.3) is 6.08 Å². The number of nitrogens with one attached hydrogen (secondary N) is 1. The fourth-order valence-corrected chi connectivity index (χ4v) is 3.47. The zero-order valence-corrected chi connectivity index (χ0v) is 17.1. The molecule has 1 aromatic carbocycles. The van der Waals surface area contributed by atoms with Crippen LogP contribution in [0.1, 0.15) is 31.3 Å². The number of carbonyl (C=O) groups is 1. The molecule has 3 rings (SSSR count). The monoisotopic (exact) mass is 381 g/mol. The summed E-state index contributed by atoms with van der Waals surface area (Å²) in [6, 6.07) is 10.2. The molecule has 150 valence electrons. The molecule has 0 radical (unpaired) electrons. The van der Waals surface area contributed by atoms with E-state index in [-0.39, 0.29) is 18.0 Å². The molecule has 0 bridgehead atoms. The van der Waals surface area contributed by atoms with Crippen LogP contribution in [0.3, 0.4) is 0 Å². The highest BCUT2D eigenvalue weighted by molar-refractivity contribution is 5.74. The second kappa shape index (κ2) is 9.55. The molecule has 1 saturated heterocycles. The highest BCUT2D eigenvalue weighted by Crippen LogP contribution is 2.20. The summed E-state index contributed by atoms with van der Waals surface area (Å²) in [5, 5.41) is 3.18. The van der Waals surface area contributed by atoms with Crippen molar-refractivity contribution in [3.05, 3.63) is 60.2 Å². The summed E-state index contributed by atoms with van der Waals surface area (Å²) in [7, 11) is 1.96. The summed E-state index contributed by atoms with van der Waals surface area (Å²) in [6.45, 7) is 8.40. The maximum atomic E-state index is 12.8. The molecular formula is C22H31N5O. The van der Waals surface area contributed by atoms with Crippen molar-refractivity contribution in [1.29, 1.82) is 0 Å². The Hall–Kier alpha value is -2.60. The smallest absolute Gasteiger partial charge is 0.318 e. The molecule has 0 unspecified atom stereocenters. The molecule has 1 aliphatic rings. The summed E-state index contributed by atoms with van der Waals surface area (Å²) in [4.78, 5) is 21.5. The van der Waals surface area contributed by atoms with Gasteiger partial charge in [0.1, 0.15) is 5.82 Å². The third kappa shape index (κ3) is 5.23. The maximum absolute atomic E-state index is 12.8. The molecule has 6 heteroatoms. The number of hydrogen-bond acceptors (Lipinski definition) is 3. The van der Waals surface area contributed by atoms with Crippen LogP contribution in [-0.2, 0) is 7.05 Å². The van der Waals surface area contributed by atoms with E-state index in [1.165, 1.54) is 5.56 Å². The Morgan fingerprint density at radius 2 is 1.89 bits per heavy atom. The van der Waals surface area contributed by atoms with Gasteiger partial charge in [-0.05, 0) is 11.5 Å². The van der Waals surface area contributed by atoms with E-state index in [2.05, 4.69) is 53.3 Å². The number of hydrogen-bond donors (Lipinski definition) is 1. The van der Waals surface area contributed by atoms with E-state index in [9.17, 15) is 4.79 Å². The average Bonchev–Trinajstić information content (AvgIpc) is 3.12. The lowest BCUT2D eigenvalue weighted by molar-refractivity contribution is 0.142. The number of nitrogens with zero attached hydrogens (tertiary/aromatic N) is 4. The minimum atomic E-state index is -0.0839. The van der Waals surface area contributed by atoms with E-state index < -0.39 is 0 Å². The van der Waals surface area contributed by atoms with Gasteiger partial charge in [-0.15, -0.1) is 0 Å². The van der Waals surface area contributed by atoms with Crippen LogP contribution in [0.2, 0.25) is 0 Å². The van der Waals surface area contributed by atoms with Crippen LogP contribution in [0.4, 0.5) is 4.79 Å². The fourth-order valence-electron chi connectivity index (χ4n) is 3.47. The second-order valence-corrected chi connectivity index (χ2v) is 7.67. The lowest BCUT2D eigenvalue weighted by Gasteiger charge is -2.35. The lowest BCUT2D eigenvalue weighted by atomic mass is 10.0. The number of imidazole rings is 1. The molecule has 6 nitrogen and oxygen atoms in total. The third-order valence-electron chi connectivity index (χ3n) is 5.22. The van der Waals surface area contributed by atoms with Gasteiger partial charge in [0.15, 0.2) is 0 Å². The first-order valence-corrected chi connectivity index (χ1v) is 10.0. The molecule has 28 heavy (non-hydrogen) atoms. The van der Waals surface area contributed by atoms with Gasteiger partial charge in [-0.2, -0.15) is 0 Å². The molecule has 1 aromatic heterocycles. The highest BCUT2D eigenvalue weighted by atomic mass is 16.2. The van der Waals surface area contributed by atoms with Gasteiger partial charge in [0, 0.05) is 52.2 Å². The van der Waals surface area contributed by atoms with E-state index in [0.29, 0.717) is 0 Å². The summed E-state index contributed by atoms with van der Waals surface area (Å²) in [6.07, 6.45) is 8.04. The standard InChI is InChI=1S/C22H31N5O/c1-18(2)20(21-23-11-13-25(21)3)24-22(28)27-16-14-26(15-17-27)12-7-10-19-8-5-4-6-9-19/h4-11,13,18,20H,12,14-17H2,1-3H3,(H,24,28)/b10-7+/t20-/m1/s1. The van der Waals surface area contributed by atoms with E-state index in [4.69, 9.17) is 0 Å². The van der Waals surface area contributed by atoms with E-state index in [1.54, 1.807) is 6.20 Å². The number of amides is 2. The number of benzene rings is 1. The van der Waals surface area contributed by atoms with Gasteiger partial charge in [0.25, 0.3) is 0 Å². The molecule has 0 aliphatic carbocycles. The SMILES string of the molecule is CC(C)[C@@H](NC(=O)N1CCN(C/C=C/c2ccccc2)CC1)c1nccn1C. The van der Waals surface area contributed by atoms with Gasteiger partial charge in [-0.25, -0.2) is 9.78 Å². The predicted molar refractivity (Wildman–Crippen MR) is 113 cm³/mol.